The highest BCUT2D eigenvalue weighted by Crippen LogP contribution is 2.15. The molecule has 1 aromatic heterocycles. The number of hydrogen-bond donors (Lipinski definition) is 2. The van der Waals surface area contributed by atoms with E-state index in [9.17, 15) is 14.4 Å². The molecule has 1 saturated heterocycles. The van der Waals surface area contributed by atoms with Crippen molar-refractivity contribution in [3.8, 4) is 0 Å². The molecule has 31 heavy (non-hydrogen) atoms. The number of fused-ring (bicyclic) bond motifs is 1. The molecule has 1 fully saturated rings. The summed E-state index contributed by atoms with van der Waals surface area (Å²) < 4.78 is 5.02. The number of aromatic amines is 1. The molecule has 3 aromatic rings. The van der Waals surface area contributed by atoms with Crippen LogP contribution in [-0.4, -0.2) is 65.7 Å². The molecule has 0 aliphatic carbocycles. The predicted molar refractivity (Wildman–Crippen MR) is 119 cm³/mol. The number of carbonyl (C=O) groups is 2. The third-order valence-corrected chi connectivity index (χ3v) is 5.66. The van der Waals surface area contributed by atoms with Gasteiger partial charge in [0, 0.05) is 55.4 Å². The van der Waals surface area contributed by atoms with Gasteiger partial charge in [0.15, 0.2) is 11.4 Å². The Bertz CT molecular complexity index is 1130. The Hall–Kier alpha value is -3.10. The predicted octanol–water partition coefficient (Wildman–Crippen LogP) is 2.60. The number of nitrogens with one attached hydrogen (secondary N) is 2. The molecule has 1 aliphatic rings. The molecule has 0 atom stereocenters. The lowest BCUT2D eigenvalue weighted by Crippen LogP contribution is -2.50. The number of ketones is 1. The second-order valence-corrected chi connectivity index (χ2v) is 7.92. The Morgan fingerprint density at radius 2 is 1.81 bits per heavy atom. The third-order valence-electron chi connectivity index (χ3n) is 5.41. The fourth-order valence-electron chi connectivity index (χ4n) is 3.60. The molecule has 0 unspecified atom stereocenters. The molecule has 9 heteroatoms. The topological polar surface area (TPSA) is 98.6 Å². The molecule has 0 radical (unpaired) electrons. The van der Waals surface area contributed by atoms with Crippen molar-refractivity contribution < 1.29 is 14.0 Å². The van der Waals surface area contributed by atoms with Crippen LogP contribution in [0.1, 0.15) is 16.8 Å². The lowest BCUT2D eigenvalue weighted by atomic mass is 10.1. The number of aromatic nitrogens is 1. The van der Waals surface area contributed by atoms with Crippen molar-refractivity contribution in [3.63, 3.8) is 0 Å². The number of nitrogens with zero attached hydrogens (tertiary/aromatic N) is 2. The Kier molecular flexibility index (Phi) is 6.39. The molecular formula is C22H23ClN4O4. The fraction of sp³-hybridized carbons (Fsp3) is 0.318. The molecule has 2 heterocycles. The van der Waals surface area contributed by atoms with Gasteiger partial charge in [-0.1, -0.05) is 11.6 Å². The lowest BCUT2D eigenvalue weighted by molar-refractivity contribution is -0.131. The monoisotopic (exact) mass is 442 g/mol. The number of benzene rings is 2. The number of hydrogen-bond acceptors (Lipinski definition) is 6. The highest BCUT2D eigenvalue weighted by atomic mass is 35.5. The summed E-state index contributed by atoms with van der Waals surface area (Å²) in [4.78, 5) is 42.8. The molecule has 2 aromatic carbocycles. The number of piperazine rings is 1. The molecule has 0 spiro atoms. The first-order chi connectivity index (χ1) is 15.0. The third kappa shape index (κ3) is 5.34. The number of rotatable bonds is 7. The minimum Gasteiger partial charge on any atom is -0.408 e. The van der Waals surface area contributed by atoms with Gasteiger partial charge in [-0.2, -0.15) is 0 Å². The number of amides is 1. The van der Waals surface area contributed by atoms with Crippen molar-refractivity contribution in [3.05, 3.63) is 63.6 Å². The van der Waals surface area contributed by atoms with Crippen LogP contribution in [0.3, 0.4) is 0 Å². The summed E-state index contributed by atoms with van der Waals surface area (Å²) in [6.07, 6.45) is 0.367. The van der Waals surface area contributed by atoms with E-state index in [1.807, 2.05) is 17.0 Å². The Morgan fingerprint density at radius 3 is 2.55 bits per heavy atom. The van der Waals surface area contributed by atoms with Gasteiger partial charge in [-0.05, 0) is 42.5 Å². The molecule has 0 bridgehead atoms. The minimum absolute atomic E-state index is 0.00332. The first kappa shape index (κ1) is 21.1. The van der Waals surface area contributed by atoms with Crippen LogP contribution in [0.5, 0.6) is 0 Å². The summed E-state index contributed by atoms with van der Waals surface area (Å²) >= 11 is 5.87. The lowest BCUT2D eigenvalue weighted by Gasteiger charge is -2.34. The number of oxazole rings is 1. The highest BCUT2D eigenvalue weighted by molar-refractivity contribution is 6.30. The average molecular weight is 443 g/mol. The number of Topliss-reactive ketones (excluding diaryl/α,β-unsaturated/α-hetero) is 1. The summed E-state index contributed by atoms with van der Waals surface area (Å²) in [5, 5.41) is 3.77. The number of H-pyrrole nitrogens is 1. The molecule has 8 nitrogen and oxygen atoms in total. The van der Waals surface area contributed by atoms with E-state index in [4.69, 9.17) is 16.0 Å². The summed E-state index contributed by atoms with van der Waals surface area (Å²) in [5.41, 5.74) is 2.34. The summed E-state index contributed by atoms with van der Waals surface area (Å²) in [7, 11) is 0. The first-order valence-electron chi connectivity index (χ1n) is 10.1. The van der Waals surface area contributed by atoms with Crippen molar-refractivity contribution in [2.45, 2.75) is 6.42 Å². The largest absolute Gasteiger partial charge is 0.417 e. The van der Waals surface area contributed by atoms with Gasteiger partial charge in [-0.3, -0.25) is 19.5 Å². The van der Waals surface area contributed by atoms with Crippen LogP contribution in [0.25, 0.3) is 11.1 Å². The molecular weight excluding hydrogens is 420 g/mol. The van der Waals surface area contributed by atoms with Gasteiger partial charge in [0.25, 0.3) is 0 Å². The van der Waals surface area contributed by atoms with Crippen molar-refractivity contribution in [2.24, 2.45) is 0 Å². The van der Waals surface area contributed by atoms with Gasteiger partial charge in [-0.25, -0.2) is 4.79 Å². The molecule has 2 N–H and O–H groups in total. The van der Waals surface area contributed by atoms with Crippen LogP contribution in [0.2, 0.25) is 5.02 Å². The zero-order chi connectivity index (χ0) is 21.8. The second-order valence-electron chi connectivity index (χ2n) is 7.48. The van der Waals surface area contributed by atoms with Gasteiger partial charge in [-0.15, -0.1) is 0 Å². The van der Waals surface area contributed by atoms with Crippen LogP contribution in [0, 0.1) is 0 Å². The normalized spacial score (nSPS) is 14.7. The van der Waals surface area contributed by atoms with Crippen molar-refractivity contribution in [1.82, 2.24) is 14.8 Å². The van der Waals surface area contributed by atoms with Gasteiger partial charge in [0.2, 0.25) is 5.91 Å². The van der Waals surface area contributed by atoms with E-state index in [0.29, 0.717) is 47.7 Å². The smallest absolute Gasteiger partial charge is 0.408 e. The van der Waals surface area contributed by atoms with Gasteiger partial charge in [0.1, 0.15) is 0 Å². The van der Waals surface area contributed by atoms with Crippen LogP contribution in [-0.2, 0) is 4.79 Å². The van der Waals surface area contributed by atoms with Crippen molar-refractivity contribution >= 4 is 40.1 Å². The van der Waals surface area contributed by atoms with Gasteiger partial charge in [0.05, 0.1) is 12.1 Å². The molecule has 162 valence electrons. The van der Waals surface area contributed by atoms with Crippen molar-refractivity contribution in [1.29, 1.82) is 0 Å². The average Bonchev–Trinajstić information content (AvgIpc) is 3.16. The van der Waals surface area contributed by atoms with E-state index in [-0.39, 0.29) is 18.2 Å². The molecule has 1 amide bonds. The molecule has 1 aliphatic heterocycles. The van der Waals surface area contributed by atoms with Gasteiger partial charge < -0.3 is 14.6 Å². The maximum Gasteiger partial charge on any atom is 0.417 e. The zero-order valence-corrected chi connectivity index (χ0v) is 17.7. The number of carbonyl (C=O) groups excluding carboxylic acids is 2. The Morgan fingerprint density at radius 1 is 1.06 bits per heavy atom. The van der Waals surface area contributed by atoms with E-state index < -0.39 is 5.76 Å². The van der Waals surface area contributed by atoms with Crippen molar-refractivity contribution in [2.75, 3.05) is 44.6 Å². The van der Waals surface area contributed by atoms with E-state index in [0.717, 1.165) is 18.8 Å². The summed E-state index contributed by atoms with van der Waals surface area (Å²) in [6, 6.07) is 12.2. The van der Waals surface area contributed by atoms with E-state index in [1.165, 1.54) is 0 Å². The summed E-state index contributed by atoms with van der Waals surface area (Å²) in [5.74, 6) is -0.487. The highest BCUT2D eigenvalue weighted by Gasteiger charge is 2.21. The standard InChI is InChI=1S/C22H23ClN4O4/c23-16-2-4-17(5-3-16)24-14-21(29)27-11-9-26(10-12-27)8-7-19(28)15-1-6-18-20(13-15)31-22(30)25-18/h1-6,13,24H,7-12,14H2,(H,25,30). The van der Waals surface area contributed by atoms with Crippen LogP contribution >= 0.6 is 11.6 Å². The maximum atomic E-state index is 12.5. The zero-order valence-electron chi connectivity index (χ0n) is 16.9. The number of anilines is 1. The molecule has 4 rings (SSSR count). The number of halogens is 1. The SMILES string of the molecule is O=C(CCN1CCN(C(=O)CNc2ccc(Cl)cc2)CC1)c1ccc2[nH]c(=O)oc2c1. The Balaban J connectivity index is 1.21. The fourth-order valence-corrected chi connectivity index (χ4v) is 3.73. The van der Waals surface area contributed by atoms with E-state index >= 15 is 0 Å². The quantitative estimate of drug-likeness (QED) is 0.546. The second kappa shape index (κ2) is 9.36. The first-order valence-corrected chi connectivity index (χ1v) is 10.5. The Labute approximate surface area is 183 Å². The summed E-state index contributed by atoms with van der Waals surface area (Å²) in [6.45, 7) is 3.58. The van der Waals surface area contributed by atoms with Crippen LogP contribution in [0.15, 0.2) is 51.7 Å². The van der Waals surface area contributed by atoms with E-state index in [1.54, 1.807) is 30.3 Å². The van der Waals surface area contributed by atoms with Crippen LogP contribution in [0.4, 0.5) is 5.69 Å². The molecule has 0 saturated carbocycles. The minimum atomic E-state index is -0.532. The van der Waals surface area contributed by atoms with Crippen LogP contribution < -0.4 is 11.1 Å². The van der Waals surface area contributed by atoms with E-state index in [2.05, 4.69) is 15.2 Å². The van der Waals surface area contributed by atoms with Gasteiger partial charge >= 0.3 is 5.76 Å². The maximum absolute atomic E-state index is 12.5.